The van der Waals surface area contributed by atoms with Crippen LogP contribution < -0.4 is 5.73 Å². The number of rotatable bonds is 4. The molecular formula is C9H9N3O2S3. The number of aromatic carboxylic acids is 1. The van der Waals surface area contributed by atoms with Gasteiger partial charge in [-0.2, -0.15) is 0 Å². The largest absolute Gasteiger partial charge is 0.477 e. The van der Waals surface area contributed by atoms with Crippen molar-refractivity contribution in [2.45, 2.75) is 17.0 Å². The van der Waals surface area contributed by atoms with Crippen LogP contribution in [-0.2, 0) is 5.75 Å². The van der Waals surface area contributed by atoms with E-state index in [9.17, 15) is 4.79 Å². The molecule has 0 aliphatic rings. The molecule has 0 aliphatic carbocycles. The Morgan fingerprint density at radius 3 is 2.82 bits per heavy atom. The minimum Gasteiger partial charge on any atom is -0.477 e. The molecule has 3 N–H and O–H groups in total. The molecule has 0 radical (unpaired) electrons. The van der Waals surface area contributed by atoms with Crippen LogP contribution in [0, 0.1) is 6.92 Å². The summed E-state index contributed by atoms with van der Waals surface area (Å²) in [5.74, 6) is -0.195. The highest BCUT2D eigenvalue weighted by atomic mass is 32.2. The number of nitrogen functional groups attached to an aromatic ring is 1. The number of hydrogen-bond donors (Lipinski definition) is 2. The highest BCUT2D eigenvalue weighted by Gasteiger charge is 2.12. The summed E-state index contributed by atoms with van der Waals surface area (Å²) in [4.78, 5) is 12.2. The van der Waals surface area contributed by atoms with Gasteiger partial charge in [-0.15, -0.1) is 21.5 Å². The van der Waals surface area contributed by atoms with Crippen molar-refractivity contribution >= 4 is 45.5 Å². The first kappa shape index (κ1) is 12.3. The van der Waals surface area contributed by atoms with E-state index in [1.54, 1.807) is 6.07 Å². The predicted octanol–water partition coefficient (Wildman–Crippen LogP) is 2.48. The number of thioether (sulfide) groups is 1. The second-order valence-electron chi connectivity index (χ2n) is 3.19. The number of hydrogen-bond acceptors (Lipinski definition) is 7. The van der Waals surface area contributed by atoms with E-state index < -0.39 is 5.97 Å². The van der Waals surface area contributed by atoms with E-state index in [1.807, 2.05) is 6.92 Å². The van der Waals surface area contributed by atoms with Crippen molar-refractivity contribution in [2.24, 2.45) is 0 Å². The van der Waals surface area contributed by atoms with Gasteiger partial charge in [0.05, 0.1) is 0 Å². The molecule has 0 amide bonds. The molecule has 0 bridgehead atoms. The predicted molar refractivity (Wildman–Crippen MR) is 69.9 cm³/mol. The highest BCUT2D eigenvalue weighted by molar-refractivity contribution is 8.00. The van der Waals surface area contributed by atoms with Gasteiger partial charge < -0.3 is 10.8 Å². The standard InChI is InChI=1S/C9H9N3O2S3/c1-4-5(2-6(16-4)7(13)14)3-15-9-12-11-8(10)17-9/h2H,3H2,1H3,(H2,10,11)(H,13,14). The number of carboxylic acids is 1. The second kappa shape index (κ2) is 5.03. The Hall–Kier alpha value is -1.12. The smallest absolute Gasteiger partial charge is 0.345 e. The first-order chi connectivity index (χ1) is 8.06. The lowest BCUT2D eigenvalue weighted by Gasteiger charge is -1.95. The van der Waals surface area contributed by atoms with Crippen molar-refractivity contribution in [3.8, 4) is 0 Å². The molecule has 17 heavy (non-hydrogen) atoms. The van der Waals surface area contributed by atoms with E-state index >= 15 is 0 Å². The summed E-state index contributed by atoms with van der Waals surface area (Å²) in [6.07, 6.45) is 0. The third kappa shape index (κ3) is 2.96. The van der Waals surface area contributed by atoms with Crippen LogP contribution in [0.3, 0.4) is 0 Å². The molecule has 2 aromatic heterocycles. The number of thiophene rings is 1. The van der Waals surface area contributed by atoms with Crippen molar-refractivity contribution in [1.29, 1.82) is 0 Å². The molecule has 2 rings (SSSR count). The Morgan fingerprint density at radius 2 is 2.29 bits per heavy atom. The zero-order valence-corrected chi connectivity index (χ0v) is 11.3. The molecule has 5 nitrogen and oxygen atoms in total. The Labute approximate surface area is 110 Å². The molecule has 0 aliphatic heterocycles. The van der Waals surface area contributed by atoms with Crippen molar-refractivity contribution in [2.75, 3.05) is 5.73 Å². The molecule has 0 fully saturated rings. The van der Waals surface area contributed by atoms with Crippen LogP contribution in [-0.4, -0.2) is 21.3 Å². The van der Waals surface area contributed by atoms with Gasteiger partial charge in [-0.1, -0.05) is 23.1 Å². The summed E-state index contributed by atoms with van der Waals surface area (Å²) in [5, 5.41) is 16.9. The van der Waals surface area contributed by atoms with Crippen LogP contribution in [0.1, 0.15) is 20.1 Å². The number of carbonyl (C=O) groups is 1. The average Bonchev–Trinajstić information content (AvgIpc) is 2.82. The summed E-state index contributed by atoms with van der Waals surface area (Å²) >= 11 is 4.14. The summed E-state index contributed by atoms with van der Waals surface area (Å²) in [6, 6.07) is 1.71. The molecule has 0 spiro atoms. The molecular weight excluding hydrogens is 278 g/mol. The van der Waals surface area contributed by atoms with Gasteiger partial charge >= 0.3 is 5.97 Å². The molecule has 0 saturated heterocycles. The molecule has 0 aromatic carbocycles. The van der Waals surface area contributed by atoms with Crippen LogP contribution in [0.4, 0.5) is 5.13 Å². The maximum absolute atomic E-state index is 10.8. The van der Waals surface area contributed by atoms with Crippen LogP contribution in [0.15, 0.2) is 10.4 Å². The van der Waals surface area contributed by atoms with Gasteiger partial charge in [-0.25, -0.2) is 4.79 Å². The minimum atomic E-state index is -0.880. The van der Waals surface area contributed by atoms with Gasteiger partial charge in [0, 0.05) is 10.6 Å². The molecule has 2 aromatic rings. The van der Waals surface area contributed by atoms with E-state index in [4.69, 9.17) is 10.8 Å². The zero-order valence-electron chi connectivity index (χ0n) is 8.84. The van der Waals surface area contributed by atoms with E-state index in [2.05, 4.69) is 10.2 Å². The van der Waals surface area contributed by atoms with Gasteiger partial charge in [0.15, 0.2) is 4.34 Å². The number of carboxylic acid groups (broad SMARTS) is 1. The van der Waals surface area contributed by atoms with Crippen molar-refractivity contribution in [3.05, 3.63) is 21.4 Å². The van der Waals surface area contributed by atoms with Gasteiger partial charge in [-0.3, -0.25) is 0 Å². The van der Waals surface area contributed by atoms with E-state index in [1.165, 1.54) is 34.4 Å². The summed E-state index contributed by atoms with van der Waals surface area (Å²) < 4.78 is 0.796. The van der Waals surface area contributed by atoms with Crippen LogP contribution in [0.5, 0.6) is 0 Å². The first-order valence-electron chi connectivity index (χ1n) is 4.60. The van der Waals surface area contributed by atoms with Gasteiger partial charge in [0.2, 0.25) is 5.13 Å². The Kier molecular flexibility index (Phi) is 3.65. The fourth-order valence-corrected chi connectivity index (χ4v) is 3.85. The van der Waals surface area contributed by atoms with Crippen LogP contribution >= 0.6 is 34.4 Å². The summed E-state index contributed by atoms with van der Waals surface area (Å²) in [6.45, 7) is 1.92. The molecule has 8 heteroatoms. The topological polar surface area (TPSA) is 89.1 Å². The number of nitrogens with two attached hydrogens (primary N) is 1. The second-order valence-corrected chi connectivity index (χ2v) is 6.68. The van der Waals surface area contributed by atoms with Gasteiger partial charge in [0.25, 0.3) is 0 Å². The Balaban J connectivity index is 2.06. The average molecular weight is 287 g/mol. The van der Waals surface area contributed by atoms with Crippen LogP contribution in [0.2, 0.25) is 0 Å². The molecule has 0 unspecified atom stereocenters. The van der Waals surface area contributed by atoms with Crippen LogP contribution in [0.25, 0.3) is 0 Å². The van der Waals surface area contributed by atoms with Crippen molar-refractivity contribution in [3.63, 3.8) is 0 Å². The maximum atomic E-state index is 10.8. The van der Waals surface area contributed by atoms with E-state index in [0.717, 1.165) is 14.8 Å². The zero-order chi connectivity index (χ0) is 12.4. The number of anilines is 1. The lowest BCUT2D eigenvalue weighted by Crippen LogP contribution is -1.90. The highest BCUT2D eigenvalue weighted by Crippen LogP contribution is 2.30. The molecule has 90 valence electrons. The normalized spacial score (nSPS) is 10.6. The lowest BCUT2D eigenvalue weighted by atomic mass is 10.3. The van der Waals surface area contributed by atoms with Crippen molar-refractivity contribution < 1.29 is 9.90 Å². The minimum absolute atomic E-state index is 0.370. The maximum Gasteiger partial charge on any atom is 0.345 e. The van der Waals surface area contributed by atoms with E-state index in [-0.39, 0.29) is 0 Å². The molecule has 0 saturated carbocycles. The third-order valence-corrected chi connectivity index (χ3v) is 5.02. The van der Waals surface area contributed by atoms with Gasteiger partial charge in [0.1, 0.15) is 4.88 Å². The quantitative estimate of drug-likeness (QED) is 0.840. The van der Waals surface area contributed by atoms with Crippen molar-refractivity contribution in [1.82, 2.24) is 10.2 Å². The number of aromatic nitrogens is 2. The molecule has 2 heterocycles. The monoisotopic (exact) mass is 287 g/mol. The summed E-state index contributed by atoms with van der Waals surface area (Å²) in [7, 11) is 0. The summed E-state index contributed by atoms with van der Waals surface area (Å²) in [5.41, 5.74) is 6.50. The number of aryl methyl sites for hydroxylation is 1. The first-order valence-corrected chi connectivity index (χ1v) is 7.22. The Morgan fingerprint density at radius 1 is 1.53 bits per heavy atom. The third-order valence-electron chi connectivity index (χ3n) is 2.00. The lowest BCUT2D eigenvalue weighted by molar-refractivity contribution is 0.0702. The fraction of sp³-hybridized carbons (Fsp3) is 0.222. The Bertz CT molecular complexity index is 549. The SMILES string of the molecule is Cc1sc(C(=O)O)cc1CSc1nnc(N)s1. The number of nitrogens with zero attached hydrogens (tertiary/aromatic N) is 2. The van der Waals surface area contributed by atoms with E-state index in [0.29, 0.717) is 15.8 Å². The fourth-order valence-electron chi connectivity index (χ4n) is 1.19. The molecule has 0 atom stereocenters. The van der Waals surface area contributed by atoms with Gasteiger partial charge in [-0.05, 0) is 18.6 Å².